The van der Waals surface area contributed by atoms with E-state index in [0.717, 1.165) is 167 Å². The minimum Gasteiger partial charge on any atom is -0.462 e. The van der Waals surface area contributed by atoms with Gasteiger partial charge in [0.2, 0.25) is 0 Å². The Kier molecular flexibility index (Phi) is 73.7. The zero-order chi connectivity index (χ0) is 76.0. The molecule has 5 unspecified atom stereocenters. The molecule has 600 valence electrons. The maximum Gasteiger partial charge on any atom is 0.472 e. The van der Waals surface area contributed by atoms with E-state index in [0.29, 0.717) is 25.7 Å². The van der Waals surface area contributed by atoms with E-state index in [1.54, 1.807) is 0 Å². The van der Waals surface area contributed by atoms with Gasteiger partial charge in [0, 0.05) is 25.7 Å². The van der Waals surface area contributed by atoms with Crippen molar-refractivity contribution in [1.29, 1.82) is 0 Å². The third-order valence-electron chi connectivity index (χ3n) is 17.3. The van der Waals surface area contributed by atoms with E-state index in [9.17, 15) is 43.2 Å². The highest BCUT2D eigenvalue weighted by Crippen LogP contribution is 2.45. The molecule has 104 heavy (non-hydrogen) atoms. The average Bonchev–Trinajstić information content (AvgIpc) is 0.929. The van der Waals surface area contributed by atoms with Crippen molar-refractivity contribution < 1.29 is 80.2 Å². The lowest BCUT2D eigenvalue weighted by Gasteiger charge is -2.21. The topological polar surface area (TPSA) is 237 Å². The maximum absolute atomic E-state index is 13.1. The minimum atomic E-state index is -4.98. The van der Waals surface area contributed by atoms with Crippen LogP contribution in [0.5, 0.6) is 0 Å². The quantitative estimate of drug-likeness (QED) is 0.0169. The number of aliphatic hydroxyl groups is 1. The number of phosphoric ester groups is 2. The van der Waals surface area contributed by atoms with E-state index >= 15 is 0 Å². The molecule has 3 N–H and O–H groups in total. The first-order valence-corrected chi connectivity index (χ1v) is 44.1. The number of phosphoric acid groups is 2. The van der Waals surface area contributed by atoms with Crippen molar-refractivity contribution in [2.75, 3.05) is 39.6 Å². The minimum absolute atomic E-state index is 0.0904. The first kappa shape index (κ1) is 99.7. The number of esters is 4. The van der Waals surface area contributed by atoms with Gasteiger partial charge in [-0.15, -0.1) is 0 Å². The first-order valence-electron chi connectivity index (χ1n) is 41.1. The van der Waals surface area contributed by atoms with Crippen molar-refractivity contribution in [3.05, 3.63) is 109 Å². The van der Waals surface area contributed by atoms with Crippen LogP contribution in [0.25, 0.3) is 0 Å². The van der Waals surface area contributed by atoms with Gasteiger partial charge >= 0.3 is 39.5 Å². The molecule has 5 atom stereocenters. The van der Waals surface area contributed by atoms with Crippen molar-refractivity contribution in [2.45, 2.75) is 367 Å². The van der Waals surface area contributed by atoms with Gasteiger partial charge in [0.15, 0.2) is 12.2 Å². The van der Waals surface area contributed by atoms with Gasteiger partial charge in [-0.3, -0.25) is 37.3 Å². The van der Waals surface area contributed by atoms with Crippen molar-refractivity contribution >= 4 is 39.5 Å². The summed E-state index contributed by atoms with van der Waals surface area (Å²) in [7, 11) is -9.96. The van der Waals surface area contributed by atoms with Crippen LogP contribution >= 0.6 is 15.6 Å². The van der Waals surface area contributed by atoms with Crippen LogP contribution in [0.3, 0.4) is 0 Å². The summed E-state index contributed by atoms with van der Waals surface area (Å²) in [6.45, 7) is 4.64. The second-order valence-electron chi connectivity index (χ2n) is 27.3. The predicted octanol–water partition coefficient (Wildman–Crippen LogP) is 24.1. The highest BCUT2D eigenvalue weighted by atomic mass is 31.2. The number of ether oxygens (including phenoxy) is 4. The van der Waals surface area contributed by atoms with E-state index < -0.39 is 97.5 Å². The third kappa shape index (κ3) is 75.9. The van der Waals surface area contributed by atoms with E-state index in [1.807, 2.05) is 0 Å². The Hall–Kier alpha value is -4.28. The number of rotatable bonds is 77. The van der Waals surface area contributed by atoms with Crippen LogP contribution in [0.1, 0.15) is 349 Å². The normalized spacial score (nSPS) is 14.4. The molecule has 0 aliphatic carbocycles. The van der Waals surface area contributed by atoms with Crippen LogP contribution in [0.2, 0.25) is 0 Å². The zero-order valence-electron chi connectivity index (χ0n) is 65.7. The fraction of sp³-hybridized carbons (Fsp3) is 0.741. The fourth-order valence-electron chi connectivity index (χ4n) is 11.1. The summed E-state index contributed by atoms with van der Waals surface area (Å²) < 4.78 is 68.6. The lowest BCUT2D eigenvalue weighted by atomic mass is 10.0. The molecular weight excluding hydrogens is 1350 g/mol. The summed E-state index contributed by atoms with van der Waals surface area (Å²) in [4.78, 5) is 73.1. The molecule has 0 saturated heterocycles. The molecule has 0 heterocycles. The first-order chi connectivity index (χ1) is 50.7. The number of unbranched alkanes of at least 4 members (excludes halogenated alkanes) is 33. The van der Waals surface area contributed by atoms with Crippen molar-refractivity contribution in [3.8, 4) is 0 Å². The monoisotopic (exact) mass is 1500 g/mol. The van der Waals surface area contributed by atoms with E-state index in [1.165, 1.54) is 103 Å². The molecular formula is C85H148O17P2. The SMILES string of the molecule is CC/C=C\C/C=C\C/C=C\C/C=C\C/C=C\CCCCCC(=O)OCC(COP(=O)(O)OCC(O)COP(=O)(O)OCC(COC(=O)CCCCCCCC/C=C\C/C=C\C/C=C\C/C=C\CC)OC(=O)CCCCCCCCCCCCC)OC(=O)CCCCCCCCCCCCCCCCC. The molecule has 0 aromatic carbocycles. The molecule has 0 bridgehead atoms. The third-order valence-corrected chi connectivity index (χ3v) is 19.2. The number of carbonyl (C=O) groups excluding carboxylic acids is 4. The van der Waals surface area contributed by atoms with Crippen LogP contribution in [-0.4, -0.2) is 96.7 Å². The summed E-state index contributed by atoms with van der Waals surface area (Å²) in [6, 6.07) is 0. The largest absolute Gasteiger partial charge is 0.472 e. The summed E-state index contributed by atoms with van der Waals surface area (Å²) in [6.07, 6.45) is 83.5. The van der Waals surface area contributed by atoms with Gasteiger partial charge in [0.1, 0.15) is 19.3 Å². The van der Waals surface area contributed by atoms with Crippen LogP contribution in [-0.2, 0) is 65.4 Å². The van der Waals surface area contributed by atoms with Gasteiger partial charge in [-0.1, -0.05) is 323 Å². The van der Waals surface area contributed by atoms with Crippen LogP contribution in [0.4, 0.5) is 0 Å². The van der Waals surface area contributed by atoms with Crippen LogP contribution < -0.4 is 0 Å². The van der Waals surface area contributed by atoms with Gasteiger partial charge in [0.05, 0.1) is 26.4 Å². The maximum atomic E-state index is 13.1. The molecule has 0 radical (unpaired) electrons. The predicted molar refractivity (Wildman–Crippen MR) is 427 cm³/mol. The molecule has 0 aliphatic rings. The molecule has 0 rings (SSSR count). The Morgan fingerprint density at radius 2 is 0.500 bits per heavy atom. The second kappa shape index (κ2) is 76.9. The Morgan fingerprint density at radius 1 is 0.279 bits per heavy atom. The molecule has 0 aromatic rings. The highest BCUT2D eigenvalue weighted by molar-refractivity contribution is 7.47. The van der Waals surface area contributed by atoms with Gasteiger partial charge < -0.3 is 33.8 Å². The Bertz CT molecular complexity index is 2390. The van der Waals surface area contributed by atoms with E-state index in [4.69, 9.17) is 37.0 Å². The van der Waals surface area contributed by atoms with Crippen molar-refractivity contribution in [3.63, 3.8) is 0 Å². The standard InChI is InChI=1S/C85H148O17P2/c1-5-9-13-17-21-25-29-32-35-37-39-41-44-46-50-53-57-61-65-69-82(87)95-75-80(101-84(89)71-67-63-59-55-49-28-24-20-16-12-8-4)77-99-103(91,92)97-73-79(86)74-98-104(93,94)100-78-81(102-85(90)72-68-64-60-56-52-48-43-34-31-27-23-19-15-11-7-3)76-96-83(88)70-66-62-58-54-51-47-45-42-40-38-36-33-30-26-22-18-14-10-6-2/h9-10,13-14,21-22,25-26,32-33,35-36,39-42,47,51,79-81,86H,5-8,11-12,15-20,23-24,27-31,34,37-38,43-46,48-50,52-78H2,1-4H3,(H,91,92)(H,93,94)/b13-9-,14-10-,25-21-,26-22-,35-32-,36-33-,41-39-,42-40-,51-47-. The molecule has 0 fully saturated rings. The summed E-state index contributed by atoms with van der Waals surface area (Å²) in [5.74, 6) is -2.20. The number of hydrogen-bond donors (Lipinski definition) is 3. The smallest absolute Gasteiger partial charge is 0.462 e. The summed E-state index contributed by atoms with van der Waals surface area (Å²) >= 11 is 0. The molecule has 19 heteroatoms. The average molecular weight is 1500 g/mol. The lowest BCUT2D eigenvalue weighted by Crippen LogP contribution is -2.30. The van der Waals surface area contributed by atoms with Crippen LogP contribution in [0.15, 0.2) is 109 Å². The molecule has 0 spiro atoms. The molecule has 0 aromatic heterocycles. The number of carbonyl (C=O) groups is 4. The van der Waals surface area contributed by atoms with Gasteiger partial charge in [-0.2, -0.15) is 0 Å². The van der Waals surface area contributed by atoms with E-state index in [2.05, 4.69) is 137 Å². The molecule has 0 saturated carbocycles. The molecule has 0 amide bonds. The summed E-state index contributed by atoms with van der Waals surface area (Å²) in [5, 5.41) is 10.6. The number of hydrogen-bond acceptors (Lipinski definition) is 15. The van der Waals surface area contributed by atoms with Crippen molar-refractivity contribution in [1.82, 2.24) is 0 Å². The number of allylic oxidation sites excluding steroid dienone is 18. The fourth-order valence-corrected chi connectivity index (χ4v) is 12.6. The van der Waals surface area contributed by atoms with E-state index in [-0.39, 0.29) is 25.7 Å². The Balaban J connectivity index is 5.34. The Morgan fingerprint density at radius 3 is 0.779 bits per heavy atom. The second-order valence-corrected chi connectivity index (χ2v) is 30.2. The van der Waals surface area contributed by atoms with Gasteiger partial charge in [0.25, 0.3) is 0 Å². The van der Waals surface area contributed by atoms with Crippen LogP contribution in [0, 0.1) is 0 Å². The van der Waals surface area contributed by atoms with Gasteiger partial charge in [-0.25, -0.2) is 9.13 Å². The van der Waals surface area contributed by atoms with Gasteiger partial charge in [-0.05, 0) is 109 Å². The summed E-state index contributed by atoms with van der Waals surface area (Å²) in [5.41, 5.74) is 0. The number of aliphatic hydroxyl groups excluding tert-OH is 1. The highest BCUT2D eigenvalue weighted by Gasteiger charge is 2.30. The lowest BCUT2D eigenvalue weighted by molar-refractivity contribution is -0.161. The zero-order valence-corrected chi connectivity index (χ0v) is 67.5. The molecule has 0 aliphatic heterocycles. The molecule has 17 nitrogen and oxygen atoms in total. The Labute approximate surface area is 632 Å². The van der Waals surface area contributed by atoms with Crippen molar-refractivity contribution in [2.24, 2.45) is 0 Å².